The van der Waals surface area contributed by atoms with Crippen LogP contribution in [0, 0.1) is 47.9 Å². The second kappa shape index (κ2) is 19.7. The fraction of sp³-hybridized carbons (Fsp3) is 0.800. The maximum absolute atomic E-state index is 10.00. The van der Waals surface area contributed by atoms with E-state index in [1.807, 2.05) is 33.5 Å². The van der Waals surface area contributed by atoms with Crippen molar-refractivity contribution in [2.75, 3.05) is 25.2 Å². The first kappa shape index (κ1) is 20.6. The van der Waals surface area contributed by atoms with Gasteiger partial charge >= 0.3 is 0 Å². The maximum Gasteiger partial charge on any atom is 0.0552 e. The van der Waals surface area contributed by atoms with E-state index < -0.39 is 0 Å². The van der Waals surface area contributed by atoms with Gasteiger partial charge in [0.25, 0.3) is 0 Å². The fourth-order valence-corrected chi connectivity index (χ4v) is 1.31. The molecule has 0 fully saturated rings. The van der Waals surface area contributed by atoms with Crippen molar-refractivity contribution in [1.29, 1.82) is 0 Å². The van der Waals surface area contributed by atoms with Crippen LogP contribution in [0.1, 0.15) is 20.8 Å². The first-order chi connectivity index (χ1) is 6.22. The van der Waals surface area contributed by atoms with Crippen LogP contribution in [-0.2, 0) is 9.53 Å². The summed E-state index contributed by atoms with van der Waals surface area (Å²) in [5, 5.41) is 0. The average Bonchev–Trinajstić information content (AvgIpc) is 2.13. The molecule has 0 aromatic rings. The van der Waals surface area contributed by atoms with E-state index >= 15 is 0 Å². The van der Waals surface area contributed by atoms with E-state index in [4.69, 9.17) is 4.74 Å². The van der Waals surface area contributed by atoms with Crippen molar-refractivity contribution in [1.82, 2.24) is 0 Å². The third-order valence-electron chi connectivity index (χ3n) is 1.00. The number of hydrogen-bond acceptors (Lipinski definition) is 3. The van der Waals surface area contributed by atoms with E-state index in [2.05, 4.69) is 0 Å². The number of carbonyl (C=O) groups excluding carboxylic acids is 1. The first-order valence-corrected chi connectivity index (χ1v) is 5.56. The van der Waals surface area contributed by atoms with E-state index in [1.54, 1.807) is 18.9 Å². The third kappa shape index (κ3) is 23.2. The van der Waals surface area contributed by atoms with Crippen LogP contribution in [0.3, 0.4) is 0 Å². The molecule has 2 nitrogen and oxygen atoms in total. The fourth-order valence-electron chi connectivity index (χ4n) is 0.436. The summed E-state index contributed by atoms with van der Waals surface area (Å²) in [5.41, 5.74) is 0. The molecule has 0 aliphatic rings. The Morgan fingerprint density at radius 1 is 1.50 bits per heavy atom. The van der Waals surface area contributed by atoms with Crippen LogP contribution in [-0.4, -0.2) is 31.5 Å². The Morgan fingerprint density at radius 2 is 2.00 bits per heavy atom. The van der Waals surface area contributed by atoms with Crippen LogP contribution in [0.2, 0.25) is 0 Å². The largest absolute Gasteiger partial charge is 0.541 e. The molecule has 0 amide bonds. The number of thioether (sulfide) groups is 1. The van der Waals surface area contributed by atoms with Gasteiger partial charge in [0.15, 0.2) is 0 Å². The van der Waals surface area contributed by atoms with Gasteiger partial charge < -0.3 is 16.0 Å². The van der Waals surface area contributed by atoms with Gasteiger partial charge in [0.05, 0.1) is 6.61 Å². The predicted molar refractivity (Wildman–Crippen MR) is 59.7 cm³/mol. The summed E-state index contributed by atoms with van der Waals surface area (Å²) >= 11 is 1.72. The normalized spacial score (nSPS) is 10.6. The number of rotatable bonds is 6. The smallest absolute Gasteiger partial charge is 0.0552 e. The Bertz CT molecular complexity index is 102. The summed E-state index contributed by atoms with van der Waals surface area (Å²) in [5.74, 6) is 1.87. The molecule has 0 aromatic carbocycles. The molecule has 0 N–H and O–H groups in total. The summed E-state index contributed by atoms with van der Waals surface area (Å²) in [6.07, 6.45) is 3.93. The standard InChI is InChI=1S/C7H13O2S.C3H7.La/c1-7(5-8)6-10-4-3-9-2;1-3-2;/h7H,3-4,6H2,1-2H3;3H,1-2H3;/q2*-1;. The number of ether oxygens (including phenoxy) is 1. The van der Waals surface area contributed by atoms with Crippen molar-refractivity contribution in [2.45, 2.75) is 20.8 Å². The van der Waals surface area contributed by atoms with E-state index in [0.717, 1.165) is 18.1 Å². The van der Waals surface area contributed by atoms with Crippen molar-refractivity contribution in [3.63, 3.8) is 0 Å². The van der Waals surface area contributed by atoms with Gasteiger partial charge in [-0.25, -0.2) is 0 Å². The van der Waals surface area contributed by atoms with E-state index in [0.29, 0.717) is 0 Å². The zero-order valence-electron chi connectivity index (χ0n) is 9.58. The molecule has 14 heavy (non-hydrogen) atoms. The predicted octanol–water partition coefficient (Wildman–Crippen LogP) is 2.34. The quantitative estimate of drug-likeness (QED) is 0.547. The molecule has 1 unspecified atom stereocenters. The summed E-state index contributed by atoms with van der Waals surface area (Å²) in [6.45, 7) is 6.63. The molecule has 83 valence electrons. The molecule has 1 radical (unpaired) electrons. The first-order valence-electron chi connectivity index (χ1n) is 4.41. The molecule has 0 spiro atoms. The minimum atomic E-state index is 0. The van der Waals surface area contributed by atoms with Gasteiger partial charge in [-0.1, -0.05) is 6.92 Å². The molecule has 0 aliphatic heterocycles. The van der Waals surface area contributed by atoms with E-state index in [1.165, 1.54) is 0 Å². The van der Waals surface area contributed by atoms with Crippen LogP contribution < -0.4 is 0 Å². The summed E-state index contributed by atoms with van der Waals surface area (Å²) in [4.78, 5) is 10.00. The van der Waals surface area contributed by atoms with Gasteiger partial charge in [-0.15, -0.1) is 5.92 Å². The second-order valence-electron chi connectivity index (χ2n) is 2.66. The van der Waals surface area contributed by atoms with Crippen molar-refractivity contribution in [2.24, 2.45) is 5.92 Å². The SMILES string of the molecule is COCCSCC(C)[C-]=O.C[CH-]C.[La]. The van der Waals surface area contributed by atoms with Crippen LogP contribution in [0.25, 0.3) is 0 Å². The van der Waals surface area contributed by atoms with Gasteiger partial charge in [0.2, 0.25) is 0 Å². The molecule has 4 heteroatoms. The van der Waals surface area contributed by atoms with Gasteiger partial charge in [-0.05, 0) is 5.75 Å². The molecule has 0 saturated heterocycles. The minimum Gasteiger partial charge on any atom is -0.541 e. The molecule has 0 saturated carbocycles. The van der Waals surface area contributed by atoms with E-state index in [9.17, 15) is 4.79 Å². The number of methoxy groups -OCH3 is 1. The van der Waals surface area contributed by atoms with Gasteiger partial charge in [-0.3, -0.25) is 6.29 Å². The Labute approximate surface area is 121 Å². The maximum atomic E-state index is 10.00. The van der Waals surface area contributed by atoms with Crippen molar-refractivity contribution in [3.8, 4) is 0 Å². The molecule has 0 aliphatic carbocycles. The Kier molecular flexibility index (Phi) is 28.9. The zero-order valence-corrected chi connectivity index (χ0v) is 14.0. The van der Waals surface area contributed by atoms with Crippen molar-refractivity contribution in [3.05, 3.63) is 6.42 Å². The Morgan fingerprint density at radius 3 is 2.36 bits per heavy atom. The topological polar surface area (TPSA) is 26.3 Å². The third-order valence-corrected chi connectivity index (χ3v) is 2.19. The molecule has 1 atom stereocenters. The van der Waals surface area contributed by atoms with Crippen molar-refractivity contribution >= 4 is 18.0 Å². The van der Waals surface area contributed by atoms with Gasteiger partial charge in [0.1, 0.15) is 0 Å². The number of hydrogen-bond donors (Lipinski definition) is 0. The monoisotopic (exact) mass is 343 g/mol. The molecule has 0 aromatic heterocycles. The summed E-state index contributed by atoms with van der Waals surface area (Å²) in [6, 6.07) is 0. The Hall–Kier alpha value is 1.17. The molecular formula is C10H20LaO2S-2. The summed E-state index contributed by atoms with van der Waals surface area (Å²) in [7, 11) is 1.68. The van der Waals surface area contributed by atoms with Crippen LogP contribution in [0.15, 0.2) is 0 Å². The molecule has 0 heterocycles. The Balaban J connectivity index is -0.000000267. The zero-order chi connectivity index (χ0) is 10.5. The summed E-state index contributed by atoms with van der Waals surface area (Å²) < 4.78 is 4.84. The van der Waals surface area contributed by atoms with Gasteiger partial charge in [0, 0.05) is 48.5 Å². The van der Waals surface area contributed by atoms with Crippen molar-refractivity contribution < 1.29 is 45.1 Å². The molecule has 0 bridgehead atoms. The van der Waals surface area contributed by atoms with E-state index in [-0.39, 0.29) is 41.5 Å². The van der Waals surface area contributed by atoms with Crippen LogP contribution >= 0.6 is 11.8 Å². The average molecular weight is 343 g/mol. The minimum absolute atomic E-state index is 0. The van der Waals surface area contributed by atoms with Crippen LogP contribution in [0.5, 0.6) is 0 Å². The van der Waals surface area contributed by atoms with Gasteiger partial charge in [-0.2, -0.15) is 25.6 Å². The molecule has 0 rings (SSSR count). The van der Waals surface area contributed by atoms with Crippen LogP contribution in [0.4, 0.5) is 0 Å². The molecular weight excluding hydrogens is 323 g/mol. The second-order valence-corrected chi connectivity index (χ2v) is 3.81.